The number of carbonyl (C=O) groups is 1. The van der Waals surface area contributed by atoms with Gasteiger partial charge in [0.25, 0.3) is 0 Å². The van der Waals surface area contributed by atoms with Crippen LogP contribution >= 0.6 is 23.1 Å². The van der Waals surface area contributed by atoms with Crippen LogP contribution < -0.4 is 10.6 Å². The van der Waals surface area contributed by atoms with E-state index >= 15 is 0 Å². The lowest BCUT2D eigenvalue weighted by Gasteiger charge is -2.09. The van der Waals surface area contributed by atoms with Crippen LogP contribution in [0.4, 0.5) is 5.13 Å². The smallest absolute Gasteiger partial charge is 0.233 e. The van der Waals surface area contributed by atoms with E-state index in [1.807, 2.05) is 12.1 Å². The van der Waals surface area contributed by atoms with Crippen molar-refractivity contribution in [1.82, 2.24) is 15.5 Å². The van der Waals surface area contributed by atoms with Crippen LogP contribution in [0.25, 0.3) is 0 Å². The van der Waals surface area contributed by atoms with Crippen molar-refractivity contribution in [3.05, 3.63) is 24.2 Å². The van der Waals surface area contributed by atoms with E-state index in [1.165, 1.54) is 23.1 Å². The van der Waals surface area contributed by atoms with Gasteiger partial charge in [-0.1, -0.05) is 29.5 Å². The second-order valence-corrected chi connectivity index (χ2v) is 7.13. The number of aromatic nitrogens is 2. The number of thioether (sulfide) groups is 1. The minimum Gasteiger partial charge on any atom is -0.467 e. The van der Waals surface area contributed by atoms with Gasteiger partial charge in [-0.2, -0.15) is 0 Å². The number of anilines is 1. The molecule has 1 amide bonds. The van der Waals surface area contributed by atoms with Crippen LogP contribution in [0.3, 0.4) is 0 Å². The summed E-state index contributed by atoms with van der Waals surface area (Å²) in [6.45, 7) is 1.36. The Balaban J connectivity index is 1.55. The van der Waals surface area contributed by atoms with Crippen molar-refractivity contribution in [2.45, 2.75) is 35.4 Å². The predicted octanol–water partition coefficient (Wildman–Crippen LogP) is 2.50. The van der Waals surface area contributed by atoms with Gasteiger partial charge in [-0.3, -0.25) is 4.79 Å². The van der Waals surface area contributed by atoms with Crippen LogP contribution in [-0.4, -0.2) is 27.9 Å². The zero-order valence-electron chi connectivity index (χ0n) is 11.4. The van der Waals surface area contributed by atoms with Crippen molar-refractivity contribution in [3.63, 3.8) is 0 Å². The van der Waals surface area contributed by atoms with E-state index in [0.29, 0.717) is 6.54 Å². The zero-order chi connectivity index (χ0) is 14.5. The molecule has 0 aromatic carbocycles. The van der Waals surface area contributed by atoms with Gasteiger partial charge in [-0.25, -0.2) is 0 Å². The summed E-state index contributed by atoms with van der Waals surface area (Å²) >= 11 is 2.96. The van der Waals surface area contributed by atoms with Crippen LogP contribution in [0.1, 0.15) is 25.0 Å². The Bertz CT molecular complexity index is 585. The fraction of sp³-hybridized carbons (Fsp3) is 0.462. The maximum atomic E-state index is 11.9. The van der Waals surface area contributed by atoms with Crippen molar-refractivity contribution in [2.24, 2.45) is 0 Å². The minimum absolute atomic E-state index is 0.0571. The lowest BCUT2D eigenvalue weighted by atomic mass is 10.2. The molecule has 0 aliphatic carbocycles. The molecular formula is C13H16N4O2S2. The Labute approximate surface area is 130 Å². The number of hydrogen-bond donors (Lipinski definition) is 2. The molecule has 1 saturated heterocycles. The first-order valence-corrected chi connectivity index (χ1v) is 8.55. The second-order valence-electron chi connectivity index (χ2n) is 4.70. The lowest BCUT2D eigenvalue weighted by molar-refractivity contribution is -0.120. The fourth-order valence-corrected chi connectivity index (χ4v) is 4.11. The maximum Gasteiger partial charge on any atom is 0.233 e. The van der Waals surface area contributed by atoms with Gasteiger partial charge in [0.05, 0.1) is 18.1 Å². The van der Waals surface area contributed by atoms with Crippen molar-refractivity contribution < 1.29 is 9.21 Å². The quantitative estimate of drug-likeness (QED) is 0.879. The maximum absolute atomic E-state index is 11.9. The van der Waals surface area contributed by atoms with Gasteiger partial charge in [-0.05, 0) is 25.0 Å². The number of furan rings is 1. The molecule has 1 fully saturated rings. The molecule has 112 valence electrons. The van der Waals surface area contributed by atoms with Gasteiger partial charge in [0.2, 0.25) is 11.0 Å². The molecule has 21 heavy (non-hydrogen) atoms. The summed E-state index contributed by atoms with van der Waals surface area (Å²) in [6.07, 6.45) is 4.65. The molecule has 2 aromatic rings. The molecular weight excluding hydrogens is 308 g/mol. The molecule has 1 unspecified atom stereocenters. The zero-order valence-corrected chi connectivity index (χ0v) is 13.0. The summed E-state index contributed by atoms with van der Waals surface area (Å²) in [5.74, 6) is 0.959. The van der Waals surface area contributed by atoms with E-state index in [9.17, 15) is 4.79 Å². The van der Waals surface area contributed by atoms with E-state index in [1.54, 1.807) is 6.26 Å². The highest BCUT2D eigenvalue weighted by molar-refractivity contribution is 8.02. The lowest BCUT2D eigenvalue weighted by Crippen LogP contribution is -2.30. The van der Waals surface area contributed by atoms with E-state index in [4.69, 9.17) is 4.42 Å². The first-order valence-electron chi connectivity index (χ1n) is 6.85. The minimum atomic E-state index is -0.0571. The molecule has 3 heterocycles. The number of nitrogens with one attached hydrogen (secondary N) is 2. The molecule has 8 heteroatoms. The number of nitrogens with zero attached hydrogens (tertiary/aromatic N) is 2. The summed E-state index contributed by atoms with van der Waals surface area (Å²) < 4.78 is 6.07. The first kappa shape index (κ1) is 14.4. The molecule has 3 rings (SSSR count). The van der Waals surface area contributed by atoms with Crippen LogP contribution in [0.5, 0.6) is 0 Å². The second kappa shape index (κ2) is 6.95. The van der Waals surface area contributed by atoms with Crippen LogP contribution in [0.2, 0.25) is 0 Å². The molecule has 0 spiro atoms. The van der Waals surface area contributed by atoms with E-state index < -0.39 is 0 Å². The molecule has 1 atom stereocenters. The SMILES string of the molecule is O=C1NCCCCC1Sc1nnc(NCc2ccco2)s1. The van der Waals surface area contributed by atoms with E-state index in [0.717, 1.165) is 41.0 Å². The molecule has 0 bridgehead atoms. The summed E-state index contributed by atoms with van der Waals surface area (Å²) in [5.41, 5.74) is 0. The Morgan fingerprint density at radius 1 is 1.48 bits per heavy atom. The summed E-state index contributed by atoms with van der Waals surface area (Å²) in [5, 5.41) is 15.0. The highest BCUT2D eigenvalue weighted by Gasteiger charge is 2.23. The molecule has 2 aromatic heterocycles. The summed E-state index contributed by atoms with van der Waals surface area (Å²) in [6, 6.07) is 3.75. The van der Waals surface area contributed by atoms with Crippen LogP contribution in [-0.2, 0) is 11.3 Å². The standard InChI is InChI=1S/C13H16N4O2S2/c18-11-10(5-1-2-6-14-11)20-13-17-16-12(21-13)15-8-9-4-3-7-19-9/h3-4,7,10H,1-2,5-6,8H2,(H,14,18)(H,15,16). The first-order chi connectivity index (χ1) is 10.3. The van der Waals surface area contributed by atoms with Gasteiger partial charge in [0.15, 0.2) is 4.34 Å². The Hall–Kier alpha value is -1.54. The predicted molar refractivity (Wildman–Crippen MR) is 82.4 cm³/mol. The van der Waals surface area contributed by atoms with Crippen molar-refractivity contribution >= 4 is 34.1 Å². The Morgan fingerprint density at radius 3 is 3.29 bits per heavy atom. The molecule has 1 aliphatic rings. The highest BCUT2D eigenvalue weighted by atomic mass is 32.2. The van der Waals surface area contributed by atoms with E-state index in [2.05, 4.69) is 20.8 Å². The molecule has 2 N–H and O–H groups in total. The van der Waals surface area contributed by atoms with Gasteiger partial charge in [0.1, 0.15) is 5.76 Å². The average molecular weight is 324 g/mol. The van der Waals surface area contributed by atoms with Crippen molar-refractivity contribution in [2.75, 3.05) is 11.9 Å². The van der Waals surface area contributed by atoms with Crippen molar-refractivity contribution in [3.8, 4) is 0 Å². The Kier molecular flexibility index (Phi) is 4.76. The van der Waals surface area contributed by atoms with Crippen LogP contribution in [0.15, 0.2) is 27.2 Å². The Morgan fingerprint density at radius 2 is 2.43 bits per heavy atom. The molecule has 6 nitrogen and oxygen atoms in total. The molecule has 0 saturated carbocycles. The number of carbonyl (C=O) groups excluding carboxylic acids is 1. The normalized spacial score (nSPS) is 19.0. The number of hydrogen-bond acceptors (Lipinski definition) is 7. The monoisotopic (exact) mass is 324 g/mol. The fourth-order valence-electron chi connectivity index (χ4n) is 2.05. The van der Waals surface area contributed by atoms with Gasteiger partial charge >= 0.3 is 0 Å². The summed E-state index contributed by atoms with van der Waals surface area (Å²) in [7, 11) is 0. The third kappa shape index (κ3) is 3.98. The number of amides is 1. The average Bonchev–Trinajstić information content (AvgIpc) is 3.10. The summed E-state index contributed by atoms with van der Waals surface area (Å²) in [4.78, 5) is 11.9. The van der Waals surface area contributed by atoms with Gasteiger partial charge in [-0.15, -0.1) is 10.2 Å². The van der Waals surface area contributed by atoms with Crippen LogP contribution in [0, 0.1) is 0 Å². The van der Waals surface area contributed by atoms with Crippen molar-refractivity contribution in [1.29, 1.82) is 0 Å². The highest BCUT2D eigenvalue weighted by Crippen LogP contribution is 2.32. The van der Waals surface area contributed by atoms with E-state index in [-0.39, 0.29) is 11.2 Å². The van der Waals surface area contributed by atoms with Gasteiger partial charge in [0, 0.05) is 6.54 Å². The molecule has 1 aliphatic heterocycles. The molecule has 0 radical (unpaired) electrons. The third-order valence-electron chi connectivity index (χ3n) is 3.13. The topological polar surface area (TPSA) is 80.0 Å². The third-order valence-corrected chi connectivity index (χ3v) is 5.36. The largest absolute Gasteiger partial charge is 0.467 e. The number of rotatable bonds is 5. The van der Waals surface area contributed by atoms with Gasteiger partial charge < -0.3 is 15.1 Å².